The van der Waals surface area contributed by atoms with E-state index in [9.17, 15) is 14.4 Å². The van der Waals surface area contributed by atoms with E-state index in [4.69, 9.17) is 17.3 Å². The molecular formula is C22H27ClN6O3. The molecule has 2 aromatic heterocycles. The van der Waals surface area contributed by atoms with Crippen LogP contribution in [-0.4, -0.2) is 31.8 Å². The number of aromatic amines is 1. The van der Waals surface area contributed by atoms with Crippen molar-refractivity contribution in [3.63, 3.8) is 0 Å². The highest BCUT2D eigenvalue weighted by Gasteiger charge is 2.26. The van der Waals surface area contributed by atoms with Gasteiger partial charge in [0, 0.05) is 24.3 Å². The number of benzene rings is 1. The summed E-state index contributed by atoms with van der Waals surface area (Å²) in [5.41, 5.74) is 5.90. The van der Waals surface area contributed by atoms with Crippen LogP contribution in [0.2, 0.25) is 5.02 Å². The number of hydrogen-bond acceptors (Lipinski definition) is 5. The molecule has 0 saturated heterocycles. The zero-order chi connectivity index (χ0) is 23.4. The first-order valence-electron chi connectivity index (χ1n) is 10.5. The molecule has 0 atom stereocenters. The number of nitrogens with two attached hydrogens (primary N) is 1. The molecule has 1 amide bonds. The standard InChI is InChI=1S/C22H27ClN6O3/c1-4-5-9-27(18-19(24)28(12-14(2)3)22(32)26-20(18)30)21(31)15-11-25-29(13-15)17-8-6-7-16(23)10-17/h6-8,10-11,13-14H,4-5,9,12,24H2,1-3H3,(H,26,30,32). The number of aromatic nitrogens is 4. The number of amides is 1. The molecule has 3 N–H and O–H groups in total. The third kappa shape index (κ3) is 4.94. The number of unbranched alkanes of at least 4 members (excludes halogenated alkanes) is 1. The fraction of sp³-hybridized carbons (Fsp3) is 0.364. The Kier molecular flexibility index (Phi) is 7.19. The van der Waals surface area contributed by atoms with E-state index in [1.807, 2.05) is 26.8 Å². The van der Waals surface area contributed by atoms with Gasteiger partial charge in [0.2, 0.25) is 0 Å². The molecule has 0 aliphatic rings. The molecular weight excluding hydrogens is 432 g/mol. The summed E-state index contributed by atoms with van der Waals surface area (Å²) in [5, 5.41) is 4.80. The maximum atomic E-state index is 13.4. The zero-order valence-corrected chi connectivity index (χ0v) is 19.1. The largest absolute Gasteiger partial charge is 0.383 e. The van der Waals surface area contributed by atoms with Gasteiger partial charge >= 0.3 is 5.69 Å². The van der Waals surface area contributed by atoms with Crippen LogP contribution in [0.25, 0.3) is 5.69 Å². The first kappa shape index (κ1) is 23.3. The Morgan fingerprint density at radius 2 is 2.06 bits per heavy atom. The molecule has 0 aliphatic carbocycles. The summed E-state index contributed by atoms with van der Waals surface area (Å²) in [6.45, 7) is 6.43. The molecule has 170 valence electrons. The summed E-state index contributed by atoms with van der Waals surface area (Å²) in [6, 6.07) is 7.06. The van der Waals surface area contributed by atoms with Gasteiger partial charge in [-0.15, -0.1) is 0 Å². The number of nitrogens with one attached hydrogen (secondary N) is 1. The van der Waals surface area contributed by atoms with E-state index in [1.54, 1.807) is 24.4 Å². The second-order valence-corrected chi connectivity index (χ2v) is 8.40. The van der Waals surface area contributed by atoms with Gasteiger partial charge in [-0.2, -0.15) is 5.10 Å². The van der Waals surface area contributed by atoms with Crippen molar-refractivity contribution in [2.75, 3.05) is 17.2 Å². The molecule has 1 aromatic carbocycles. The number of nitrogen functional groups attached to an aromatic ring is 1. The second-order valence-electron chi connectivity index (χ2n) is 7.96. The molecule has 0 spiro atoms. The Balaban J connectivity index is 2.05. The highest BCUT2D eigenvalue weighted by atomic mass is 35.5. The first-order valence-corrected chi connectivity index (χ1v) is 10.9. The molecule has 0 fully saturated rings. The lowest BCUT2D eigenvalue weighted by molar-refractivity contribution is 0.0986. The van der Waals surface area contributed by atoms with Gasteiger partial charge in [-0.1, -0.05) is 44.9 Å². The lowest BCUT2D eigenvalue weighted by Crippen LogP contribution is -2.42. The van der Waals surface area contributed by atoms with E-state index in [2.05, 4.69) is 10.1 Å². The van der Waals surface area contributed by atoms with E-state index in [0.29, 0.717) is 23.7 Å². The quantitative estimate of drug-likeness (QED) is 0.537. The number of hydrogen-bond donors (Lipinski definition) is 2. The lowest BCUT2D eigenvalue weighted by atomic mass is 10.2. The van der Waals surface area contributed by atoms with Crippen molar-refractivity contribution in [3.8, 4) is 5.69 Å². The van der Waals surface area contributed by atoms with Crippen molar-refractivity contribution in [3.05, 3.63) is 68.1 Å². The van der Waals surface area contributed by atoms with Crippen LogP contribution in [-0.2, 0) is 6.54 Å². The van der Waals surface area contributed by atoms with Crippen LogP contribution in [0.3, 0.4) is 0 Å². The van der Waals surface area contributed by atoms with Crippen molar-refractivity contribution in [1.82, 2.24) is 19.3 Å². The molecule has 3 aromatic rings. The minimum absolute atomic E-state index is 0.0285. The van der Waals surface area contributed by atoms with Crippen LogP contribution in [0.4, 0.5) is 11.5 Å². The number of H-pyrrole nitrogens is 1. The smallest absolute Gasteiger partial charge is 0.330 e. The normalized spacial score (nSPS) is 11.2. The number of carbonyl (C=O) groups is 1. The number of carbonyl (C=O) groups excluding carboxylic acids is 1. The zero-order valence-electron chi connectivity index (χ0n) is 18.3. The van der Waals surface area contributed by atoms with Gasteiger partial charge in [-0.05, 0) is 30.5 Å². The first-order chi connectivity index (χ1) is 15.2. The van der Waals surface area contributed by atoms with Gasteiger partial charge in [0.1, 0.15) is 5.82 Å². The minimum Gasteiger partial charge on any atom is -0.383 e. The van der Waals surface area contributed by atoms with Crippen molar-refractivity contribution in [1.29, 1.82) is 0 Å². The highest BCUT2D eigenvalue weighted by molar-refractivity contribution is 6.30. The number of rotatable bonds is 8. The molecule has 10 heteroatoms. The van der Waals surface area contributed by atoms with Crippen molar-refractivity contribution in [2.24, 2.45) is 5.92 Å². The predicted octanol–water partition coefficient (Wildman–Crippen LogP) is 3.06. The van der Waals surface area contributed by atoms with Gasteiger partial charge in [-0.25, -0.2) is 9.48 Å². The van der Waals surface area contributed by atoms with Crippen molar-refractivity contribution >= 4 is 29.0 Å². The number of halogens is 1. The van der Waals surface area contributed by atoms with Gasteiger partial charge < -0.3 is 10.6 Å². The highest BCUT2D eigenvalue weighted by Crippen LogP contribution is 2.22. The van der Waals surface area contributed by atoms with E-state index < -0.39 is 17.2 Å². The fourth-order valence-electron chi connectivity index (χ4n) is 3.36. The van der Waals surface area contributed by atoms with E-state index in [1.165, 1.54) is 20.3 Å². The Morgan fingerprint density at radius 3 is 2.72 bits per heavy atom. The van der Waals surface area contributed by atoms with Crippen LogP contribution in [0, 0.1) is 5.92 Å². The second kappa shape index (κ2) is 9.86. The summed E-state index contributed by atoms with van der Waals surface area (Å²) in [6.07, 6.45) is 4.45. The van der Waals surface area contributed by atoms with E-state index in [-0.39, 0.29) is 29.5 Å². The maximum absolute atomic E-state index is 13.4. The van der Waals surface area contributed by atoms with E-state index in [0.717, 1.165) is 6.42 Å². The summed E-state index contributed by atoms with van der Waals surface area (Å²) in [7, 11) is 0. The fourth-order valence-corrected chi connectivity index (χ4v) is 3.55. The summed E-state index contributed by atoms with van der Waals surface area (Å²) < 4.78 is 2.83. The molecule has 0 saturated carbocycles. The summed E-state index contributed by atoms with van der Waals surface area (Å²) in [5.74, 6) is -0.345. The van der Waals surface area contributed by atoms with Crippen LogP contribution < -0.4 is 21.9 Å². The Hall–Kier alpha value is -3.33. The Morgan fingerprint density at radius 1 is 1.31 bits per heavy atom. The van der Waals surface area contributed by atoms with Gasteiger partial charge in [0.25, 0.3) is 11.5 Å². The Bertz CT molecular complexity index is 1230. The molecule has 9 nitrogen and oxygen atoms in total. The SMILES string of the molecule is CCCCN(C(=O)c1cnn(-c2cccc(Cl)c2)c1)c1c(N)n(CC(C)C)c(=O)[nH]c1=O. The van der Waals surface area contributed by atoms with Crippen LogP contribution >= 0.6 is 11.6 Å². The monoisotopic (exact) mass is 458 g/mol. The molecule has 0 aliphatic heterocycles. The van der Waals surface area contributed by atoms with Crippen LogP contribution in [0.5, 0.6) is 0 Å². The molecule has 0 unspecified atom stereocenters. The summed E-state index contributed by atoms with van der Waals surface area (Å²) in [4.78, 5) is 42.1. The van der Waals surface area contributed by atoms with Gasteiger partial charge in [0.05, 0.1) is 17.4 Å². The topological polar surface area (TPSA) is 119 Å². The number of anilines is 2. The third-order valence-electron chi connectivity index (χ3n) is 4.91. The third-order valence-corrected chi connectivity index (χ3v) is 5.15. The minimum atomic E-state index is -0.695. The molecule has 32 heavy (non-hydrogen) atoms. The predicted molar refractivity (Wildman–Crippen MR) is 126 cm³/mol. The lowest BCUT2D eigenvalue weighted by Gasteiger charge is -2.24. The molecule has 0 bridgehead atoms. The van der Waals surface area contributed by atoms with E-state index >= 15 is 0 Å². The number of nitrogens with zero attached hydrogens (tertiary/aromatic N) is 4. The van der Waals surface area contributed by atoms with Crippen LogP contribution in [0.1, 0.15) is 44.0 Å². The average molecular weight is 459 g/mol. The Labute approximate surface area is 190 Å². The maximum Gasteiger partial charge on any atom is 0.330 e. The molecule has 3 rings (SSSR count). The van der Waals surface area contributed by atoms with Crippen LogP contribution in [0.15, 0.2) is 46.2 Å². The van der Waals surface area contributed by atoms with Gasteiger partial charge in [0.15, 0.2) is 5.69 Å². The molecule has 2 heterocycles. The average Bonchev–Trinajstić information content (AvgIpc) is 3.23. The molecule has 0 radical (unpaired) electrons. The van der Waals surface area contributed by atoms with Crippen molar-refractivity contribution < 1.29 is 4.79 Å². The van der Waals surface area contributed by atoms with Crippen molar-refractivity contribution in [2.45, 2.75) is 40.2 Å². The van der Waals surface area contributed by atoms with Gasteiger partial charge in [-0.3, -0.25) is 19.1 Å². The summed E-state index contributed by atoms with van der Waals surface area (Å²) >= 11 is 6.05.